The maximum atomic E-state index is 12.5. The summed E-state index contributed by atoms with van der Waals surface area (Å²) < 4.78 is 49.1. The van der Waals surface area contributed by atoms with Gasteiger partial charge in [0, 0.05) is 13.2 Å². The maximum absolute atomic E-state index is 12.5. The van der Waals surface area contributed by atoms with Crippen molar-refractivity contribution in [1.29, 1.82) is 0 Å². The van der Waals surface area contributed by atoms with E-state index in [1.165, 1.54) is 0 Å². The molecule has 0 bridgehead atoms. The highest BCUT2D eigenvalue weighted by Crippen LogP contribution is 2.28. The van der Waals surface area contributed by atoms with E-state index in [1.54, 1.807) is 0 Å². The molecule has 1 heterocycles. The molecule has 0 aromatic carbocycles. The Morgan fingerprint density at radius 3 is 2.31 bits per heavy atom. The molecule has 0 N–H and O–H groups in total. The fourth-order valence-electron chi connectivity index (χ4n) is 0.826. The molecule has 0 fully saturated rings. The summed E-state index contributed by atoms with van der Waals surface area (Å²) in [6.45, 7) is 0. The summed E-state index contributed by atoms with van der Waals surface area (Å²) in [5, 5.41) is 0. The Morgan fingerprint density at radius 1 is 1.38 bits per heavy atom. The topological polar surface area (TPSA) is 22.0 Å². The fraction of sp³-hybridized carbons (Fsp3) is 0.286. The van der Waals surface area contributed by atoms with Crippen molar-refractivity contribution in [1.82, 2.24) is 4.57 Å². The van der Waals surface area contributed by atoms with Crippen LogP contribution in [0.4, 0.5) is 17.6 Å². The first-order valence-corrected chi connectivity index (χ1v) is 3.26. The van der Waals surface area contributed by atoms with Crippen LogP contribution >= 0.6 is 0 Å². The van der Waals surface area contributed by atoms with E-state index in [1.807, 2.05) is 0 Å². The lowest BCUT2D eigenvalue weighted by Crippen LogP contribution is -2.22. The molecule has 6 heteroatoms. The van der Waals surface area contributed by atoms with E-state index in [2.05, 4.69) is 0 Å². The highest BCUT2D eigenvalue weighted by atomic mass is 19.4. The van der Waals surface area contributed by atoms with E-state index >= 15 is 0 Å². The average Bonchev–Trinajstić information content (AvgIpc) is 1.97. The third-order valence-electron chi connectivity index (χ3n) is 1.47. The molecule has 0 unspecified atom stereocenters. The molecule has 1 aromatic rings. The Bertz CT molecular complexity index is 353. The number of aromatic nitrogens is 1. The number of rotatable bonds is 0. The van der Waals surface area contributed by atoms with Crippen molar-refractivity contribution >= 4 is 0 Å². The second kappa shape index (κ2) is 2.86. The minimum Gasteiger partial charge on any atom is -0.315 e. The van der Waals surface area contributed by atoms with Crippen molar-refractivity contribution in [2.75, 3.05) is 0 Å². The van der Waals surface area contributed by atoms with Crippen molar-refractivity contribution in [3.63, 3.8) is 0 Å². The molecule has 0 spiro atoms. The molecule has 0 atom stereocenters. The third-order valence-corrected chi connectivity index (χ3v) is 1.47. The number of halogens is 4. The Hall–Kier alpha value is -1.33. The van der Waals surface area contributed by atoms with Gasteiger partial charge in [-0.1, -0.05) is 0 Å². The fourth-order valence-corrected chi connectivity index (χ4v) is 0.826. The summed E-state index contributed by atoms with van der Waals surface area (Å²) in [7, 11) is 1.06. The summed E-state index contributed by atoms with van der Waals surface area (Å²) >= 11 is 0. The van der Waals surface area contributed by atoms with Crippen LogP contribution in [-0.4, -0.2) is 4.57 Å². The van der Waals surface area contributed by atoms with Crippen LogP contribution in [0, 0.1) is 5.82 Å². The number of nitrogens with zero attached hydrogens (tertiary/aromatic N) is 1. The van der Waals surface area contributed by atoms with E-state index in [9.17, 15) is 22.4 Å². The molecule has 2 nitrogen and oxygen atoms in total. The van der Waals surface area contributed by atoms with Crippen molar-refractivity contribution in [2.24, 2.45) is 7.05 Å². The number of alkyl halides is 3. The molecule has 0 aliphatic rings. The van der Waals surface area contributed by atoms with Gasteiger partial charge in [-0.05, 0) is 6.07 Å². The highest BCUT2D eigenvalue weighted by molar-refractivity contribution is 5.14. The third kappa shape index (κ3) is 1.88. The normalized spacial score (nSPS) is 11.8. The monoisotopic (exact) mass is 195 g/mol. The maximum Gasteiger partial charge on any atom is 0.417 e. The second-order valence-corrected chi connectivity index (χ2v) is 2.49. The molecule has 1 aromatic heterocycles. The van der Waals surface area contributed by atoms with Crippen molar-refractivity contribution in [2.45, 2.75) is 6.18 Å². The van der Waals surface area contributed by atoms with E-state index in [-0.39, 0.29) is 6.07 Å². The van der Waals surface area contributed by atoms with Crippen LogP contribution in [0.5, 0.6) is 0 Å². The quantitative estimate of drug-likeness (QED) is 0.575. The van der Waals surface area contributed by atoms with Crippen LogP contribution < -0.4 is 5.56 Å². The first-order chi connectivity index (χ1) is 5.82. The van der Waals surface area contributed by atoms with Crippen LogP contribution in [0.2, 0.25) is 0 Å². The zero-order chi connectivity index (χ0) is 10.2. The van der Waals surface area contributed by atoms with Crippen LogP contribution in [-0.2, 0) is 13.2 Å². The average molecular weight is 195 g/mol. The van der Waals surface area contributed by atoms with Gasteiger partial charge in [-0.2, -0.15) is 13.2 Å². The zero-order valence-corrected chi connectivity index (χ0v) is 6.52. The lowest BCUT2D eigenvalue weighted by molar-refractivity contribution is -0.138. The van der Waals surface area contributed by atoms with Gasteiger partial charge in [-0.3, -0.25) is 4.79 Å². The first kappa shape index (κ1) is 9.76. The van der Waals surface area contributed by atoms with Gasteiger partial charge >= 0.3 is 6.18 Å². The summed E-state index contributed by atoms with van der Waals surface area (Å²) in [6.07, 6.45) is -4.09. The number of aryl methyl sites for hydroxylation is 1. The summed E-state index contributed by atoms with van der Waals surface area (Å²) in [6, 6.07) is 0.183. The van der Waals surface area contributed by atoms with Gasteiger partial charge < -0.3 is 4.57 Å². The van der Waals surface area contributed by atoms with E-state index in [4.69, 9.17) is 0 Å². The Morgan fingerprint density at radius 2 is 1.92 bits per heavy atom. The van der Waals surface area contributed by atoms with Crippen LogP contribution in [0.1, 0.15) is 5.56 Å². The van der Waals surface area contributed by atoms with Crippen molar-refractivity contribution < 1.29 is 17.6 Å². The number of hydrogen-bond donors (Lipinski definition) is 0. The molecule has 0 aliphatic carbocycles. The molecule has 13 heavy (non-hydrogen) atoms. The summed E-state index contributed by atoms with van der Waals surface area (Å²) in [5.74, 6) is -1.41. The van der Waals surface area contributed by atoms with Gasteiger partial charge in [-0.25, -0.2) is 4.39 Å². The lowest BCUT2D eigenvalue weighted by atomic mass is 10.3. The van der Waals surface area contributed by atoms with Crippen molar-refractivity contribution in [3.8, 4) is 0 Å². The van der Waals surface area contributed by atoms with Gasteiger partial charge in [0.1, 0.15) is 0 Å². The van der Waals surface area contributed by atoms with Gasteiger partial charge in [0.2, 0.25) is 0 Å². The first-order valence-electron chi connectivity index (χ1n) is 3.26. The van der Waals surface area contributed by atoms with Gasteiger partial charge in [0.05, 0.1) is 5.56 Å². The predicted molar refractivity (Wildman–Crippen MR) is 36.6 cm³/mol. The lowest BCUT2D eigenvalue weighted by Gasteiger charge is -2.07. The van der Waals surface area contributed by atoms with E-state index in [0.29, 0.717) is 10.8 Å². The van der Waals surface area contributed by atoms with Crippen LogP contribution in [0.3, 0.4) is 0 Å². The van der Waals surface area contributed by atoms with Gasteiger partial charge in [-0.15, -0.1) is 0 Å². The summed E-state index contributed by atoms with van der Waals surface area (Å²) in [4.78, 5) is 10.7. The van der Waals surface area contributed by atoms with Crippen molar-refractivity contribution in [3.05, 3.63) is 34.0 Å². The van der Waals surface area contributed by atoms with Crippen LogP contribution in [0.15, 0.2) is 17.1 Å². The molecular formula is C7H5F4NO. The standard InChI is InChI=1S/C7H5F4NO/c1-12-3-4(7(9,10)11)2-5(8)6(12)13/h2-3H,1H3. The molecule has 0 saturated carbocycles. The van der Waals surface area contributed by atoms with E-state index < -0.39 is 23.1 Å². The largest absolute Gasteiger partial charge is 0.417 e. The number of hydrogen-bond acceptors (Lipinski definition) is 1. The molecule has 1 rings (SSSR count). The zero-order valence-electron chi connectivity index (χ0n) is 6.52. The SMILES string of the molecule is Cn1cc(C(F)(F)F)cc(F)c1=O. The molecule has 0 saturated heterocycles. The van der Waals surface area contributed by atoms with Gasteiger partial charge in [0.15, 0.2) is 5.82 Å². The Labute approximate surface area is 70.4 Å². The molecular weight excluding hydrogens is 190 g/mol. The highest BCUT2D eigenvalue weighted by Gasteiger charge is 2.31. The summed E-state index contributed by atoms with van der Waals surface area (Å²) in [5.41, 5.74) is -2.25. The molecule has 0 aliphatic heterocycles. The van der Waals surface area contributed by atoms with E-state index in [0.717, 1.165) is 7.05 Å². The Kier molecular flexibility index (Phi) is 2.15. The Balaban J connectivity index is 3.38. The number of pyridine rings is 1. The minimum absolute atomic E-state index is 0.183. The van der Waals surface area contributed by atoms with Gasteiger partial charge in [0.25, 0.3) is 5.56 Å². The smallest absolute Gasteiger partial charge is 0.315 e. The predicted octanol–water partition coefficient (Wildman–Crippen LogP) is 1.54. The molecule has 0 radical (unpaired) electrons. The minimum atomic E-state index is -4.63. The second-order valence-electron chi connectivity index (χ2n) is 2.49. The molecule has 72 valence electrons. The molecule has 0 amide bonds. The van der Waals surface area contributed by atoms with Crippen LogP contribution in [0.25, 0.3) is 0 Å².